The Kier molecular flexibility index (Phi) is 6.54. The summed E-state index contributed by atoms with van der Waals surface area (Å²) in [6.07, 6.45) is 1.55. The second kappa shape index (κ2) is 9.09. The first-order chi connectivity index (χ1) is 13.9. The quantitative estimate of drug-likeness (QED) is 0.762. The molecule has 0 saturated carbocycles. The topological polar surface area (TPSA) is 76.7 Å². The van der Waals surface area contributed by atoms with Crippen molar-refractivity contribution in [2.45, 2.75) is 32.1 Å². The van der Waals surface area contributed by atoms with Gasteiger partial charge in [0, 0.05) is 30.9 Å². The molecule has 0 unspecified atom stereocenters. The van der Waals surface area contributed by atoms with Crippen molar-refractivity contribution in [2.75, 3.05) is 32.2 Å². The fraction of sp³-hybridized carbons (Fsp3) is 0.391. The number of methoxy groups -OCH3 is 1. The van der Waals surface area contributed by atoms with Gasteiger partial charge in [-0.05, 0) is 67.6 Å². The summed E-state index contributed by atoms with van der Waals surface area (Å²) < 4.78 is 10.8. The Balaban J connectivity index is 1.68. The highest BCUT2D eigenvalue weighted by Gasteiger charge is 2.35. The summed E-state index contributed by atoms with van der Waals surface area (Å²) >= 11 is 0. The molecule has 2 N–H and O–H groups in total. The average molecular weight is 396 g/mol. The molecule has 0 radical (unpaired) electrons. The largest absolute Gasteiger partial charge is 0.497 e. The molecule has 2 amide bonds. The number of ether oxygens (including phenoxy) is 2. The van der Waals surface area contributed by atoms with Gasteiger partial charge in [0.2, 0.25) is 0 Å². The van der Waals surface area contributed by atoms with Crippen molar-refractivity contribution in [3.63, 3.8) is 0 Å². The van der Waals surface area contributed by atoms with Crippen molar-refractivity contribution in [3.8, 4) is 5.75 Å². The van der Waals surface area contributed by atoms with E-state index >= 15 is 0 Å². The van der Waals surface area contributed by atoms with Crippen LogP contribution < -0.4 is 15.4 Å². The summed E-state index contributed by atoms with van der Waals surface area (Å²) in [6.45, 7) is 5.52. The molecular weight excluding hydrogens is 368 g/mol. The number of nitrogens with one attached hydrogen (secondary N) is 2. The lowest BCUT2D eigenvalue weighted by atomic mass is 9.74. The van der Waals surface area contributed by atoms with Crippen LogP contribution in [0.3, 0.4) is 0 Å². The van der Waals surface area contributed by atoms with E-state index in [4.69, 9.17) is 9.47 Å². The van der Waals surface area contributed by atoms with Crippen molar-refractivity contribution in [1.29, 1.82) is 0 Å². The smallest absolute Gasteiger partial charge is 0.313 e. The van der Waals surface area contributed by atoms with Crippen LogP contribution in [0.4, 0.5) is 5.69 Å². The van der Waals surface area contributed by atoms with E-state index in [1.807, 2.05) is 56.3 Å². The standard InChI is InChI=1S/C23H28N2O4/c1-16-12-17(2)14-19(13-16)25-22(27)21(26)24-15-23(8-10-29-11-9-23)18-4-6-20(28-3)7-5-18/h4-7,12-14H,8-11,15H2,1-3H3,(H,24,26)(H,25,27). The molecule has 29 heavy (non-hydrogen) atoms. The van der Waals surface area contributed by atoms with Gasteiger partial charge in [0.05, 0.1) is 7.11 Å². The Morgan fingerprint density at radius 2 is 1.62 bits per heavy atom. The minimum Gasteiger partial charge on any atom is -0.497 e. The third kappa shape index (κ3) is 5.15. The zero-order valence-corrected chi connectivity index (χ0v) is 17.2. The number of hydrogen-bond donors (Lipinski definition) is 2. The van der Waals surface area contributed by atoms with Gasteiger partial charge in [-0.2, -0.15) is 0 Å². The third-order valence-electron chi connectivity index (χ3n) is 5.43. The molecule has 2 aromatic carbocycles. The van der Waals surface area contributed by atoms with Crippen LogP contribution in [0.25, 0.3) is 0 Å². The monoisotopic (exact) mass is 396 g/mol. The molecule has 1 aliphatic rings. The molecule has 3 rings (SSSR count). The van der Waals surface area contributed by atoms with E-state index in [-0.39, 0.29) is 5.41 Å². The maximum Gasteiger partial charge on any atom is 0.313 e. The van der Waals surface area contributed by atoms with Crippen LogP contribution >= 0.6 is 0 Å². The first-order valence-corrected chi connectivity index (χ1v) is 9.82. The van der Waals surface area contributed by atoms with E-state index in [1.165, 1.54) is 0 Å². The molecule has 0 spiro atoms. The summed E-state index contributed by atoms with van der Waals surface area (Å²) in [5.74, 6) is -0.511. The lowest BCUT2D eigenvalue weighted by Gasteiger charge is -2.38. The summed E-state index contributed by atoms with van der Waals surface area (Å²) in [4.78, 5) is 24.8. The maximum absolute atomic E-state index is 12.5. The van der Waals surface area contributed by atoms with Gasteiger partial charge in [-0.25, -0.2) is 0 Å². The summed E-state index contributed by atoms with van der Waals surface area (Å²) in [7, 11) is 1.63. The second-order valence-electron chi connectivity index (χ2n) is 7.63. The van der Waals surface area contributed by atoms with E-state index in [0.717, 1.165) is 35.3 Å². The van der Waals surface area contributed by atoms with E-state index in [0.29, 0.717) is 25.4 Å². The van der Waals surface area contributed by atoms with E-state index in [2.05, 4.69) is 10.6 Å². The molecule has 1 saturated heterocycles. The van der Waals surface area contributed by atoms with Gasteiger partial charge in [0.25, 0.3) is 0 Å². The van der Waals surface area contributed by atoms with Crippen molar-refractivity contribution < 1.29 is 19.1 Å². The normalized spacial score (nSPS) is 15.4. The van der Waals surface area contributed by atoms with E-state index < -0.39 is 11.8 Å². The number of amides is 2. The molecule has 2 aromatic rings. The van der Waals surface area contributed by atoms with Gasteiger partial charge in [0.1, 0.15) is 5.75 Å². The van der Waals surface area contributed by atoms with Crippen LogP contribution in [0.15, 0.2) is 42.5 Å². The zero-order chi connectivity index (χ0) is 20.9. The Morgan fingerprint density at radius 3 is 2.21 bits per heavy atom. The van der Waals surface area contributed by atoms with E-state index in [1.54, 1.807) is 7.11 Å². The predicted octanol–water partition coefficient (Wildman–Crippen LogP) is 3.12. The van der Waals surface area contributed by atoms with Crippen LogP contribution in [-0.4, -0.2) is 38.7 Å². The van der Waals surface area contributed by atoms with Crippen LogP contribution in [0.5, 0.6) is 5.75 Å². The van der Waals surface area contributed by atoms with Crippen LogP contribution in [-0.2, 0) is 19.7 Å². The lowest BCUT2D eigenvalue weighted by Crippen LogP contribution is -2.47. The van der Waals surface area contributed by atoms with Crippen molar-refractivity contribution >= 4 is 17.5 Å². The van der Waals surface area contributed by atoms with Gasteiger partial charge in [-0.15, -0.1) is 0 Å². The molecule has 0 aromatic heterocycles. The number of benzene rings is 2. The molecule has 1 fully saturated rings. The van der Waals surface area contributed by atoms with E-state index in [9.17, 15) is 9.59 Å². The number of hydrogen-bond acceptors (Lipinski definition) is 4. The first-order valence-electron chi connectivity index (χ1n) is 9.82. The minimum absolute atomic E-state index is 0.264. The second-order valence-corrected chi connectivity index (χ2v) is 7.63. The Morgan fingerprint density at radius 1 is 1.00 bits per heavy atom. The Bertz CT molecular complexity index is 851. The average Bonchev–Trinajstić information content (AvgIpc) is 2.72. The van der Waals surface area contributed by atoms with Gasteiger partial charge in [-0.3, -0.25) is 9.59 Å². The highest BCUT2D eigenvalue weighted by atomic mass is 16.5. The third-order valence-corrected chi connectivity index (χ3v) is 5.43. The Hall–Kier alpha value is -2.86. The summed E-state index contributed by atoms with van der Waals surface area (Å²) in [5, 5.41) is 5.52. The molecule has 6 heteroatoms. The number of anilines is 1. The molecule has 0 aliphatic carbocycles. The summed E-state index contributed by atoms with van der Waals surface area (Å²) in [6, 6.07) is 13.6. The van der Waals surface area contributed by atoms with Gasteiger partial charge in [0.15, 0.2) is 0 Å². The van der Waals surface area contributed by atoms with Gasteiger partial charge >= 0.3 is 11.8 Å². The highest BCUT2D eigenvalue weighted by molar-refractivity contribution is 6.39. The fourth-order valence-corrected chi connectivity index (χ4v) is 3.84. The fourth-order valence-electron chi connectivity index (χ4n) is 3.84. The van der Waals surface area contributed by atoms with Crippen LogP contribution in [0.1, 0.15) is 29.5 Å². The molecular formula is C23H28N2O4. The Labute approximate surface area is 171 Å². The molecule has 1 aliphatic heterocycles. The number of rotatable bonds is 5. The highest BCUT2D eigenvalue weighted by Crippen LogP contribution is 2.35. The molecule has 6 nitrogen and oxygen atoms in total. The lowest BCUT2D eigenvalue weighted by molar-refractivity contribution is -0.136. The maximum atomic E-state index is 12.5. The zero-order valence-electron chi connectivity index (χ0n) is 17.2. The van der Waals surface area contributed by atoms with Gasteiger partial charge < -0.3 is 20.1 Å². The number of carbonyl (C=O) groups excluding carboxylic acids is 2. The molecule has 0 bridgehead atoms. The van der Waals surface area contributed by atoms with Gasteiger partial charge in [-0.1, -0.05) is 18.2 Å². The SMILES string of the molecule is COc1ccc(C2(CNC(=O)C(=O)Nc3cc(C)cc(C)c3)CCOCC2)cc1. The molecule has 154 valence electrons. The number of aryl methyl sites for hydroxylation is 2. The van der Waals surface area contributed by atoms with Crippen molar-refractivity contribution in [3.05, 3.63) is 59.2 Å². The number of carbonyl (C=O) groups is 2. The molecule has 0 atom stereocenters. The van der Waals surface area contributed by atoms with Crippen LogP contribution in [0, 0.1) is 13.8 Å². The first kappa shape index (κ1) is 20.9. The van der Waals surface area contributed by atoms with Crippen molar-refractivity contribution in [1.82, 2.24) is 5.32 Å². The molecule has 1 heterocycles. The van der Waals surface area contributed by atoms with Crippen molar-refractivity contribution in [2.24, 2.45) is 0 Å². The predicted molar refractivity (Wildman–Crippen MR) is 112 cm³/mol. The summed E-state index contributed by atoms with van der Waals surface area (Å²) in [5.41, 5.74) is 3.53. The minimum atomic E-state index is -0.660. The van der Waals surface area contributed by atoms with Crippen LogP contribution in [0.2, 0.25) is 0 Å².